The topological polar surface area (TPSA) is 22.1 Å². The number of benzene rings is 1. The van der Waals surface area contributed by atoms with Gasteiger partial charge in [0.1, 0.15) is 5.75 Å². The van der Waals surface area contributed by atoms with Crippen molar-refractivity contribution >= 4 is 45.1 Å². The lowest BCUT2D eigenvalue weighted by Gasteiger charge is -2.10. The van der Waals surface area contributed by atoms with Gasteiger partial charge in [0, 0.05) is 11.5 Å². The van der Waals surface area contributed by atoms with E-state index in [1.54, 1.807) is 6.92 Å². The Bertz CT molecular complexity index is 615. The smallest absolute Gasteiger partial charge is 0.406 e. The van der Waals surface area contributed by atoms with Crippen molar-refractivity contribution < 1.29 is 17.9 Å². The molecule has 0 aliphatic carbocycles. The molecule has 0 fully saturated rings. The molecule has 0 atom stereocenters. The minimum Gasteiger partial charge on any atom is -0.406 e. The third-order valence-corrected chi connectivity index (χ3v) is 4.27. The number of nitrogens with zero attached hydrogens (tertiary/aromatic N) is 1. The molecule has 0 bridgehead atoms. The quantitative estimate of drug-likeness (QED) is 0.662. The Morgan fingerprint density at radius 3 is 2.61 bits per heavy atom. The highest BCUT2D eigenvalue weighted by molar-refractivity contribution is 14.1. The number of hydrogen-bond acceptors (Lipinski definition) is 2. The van der Waals surface area contributed by atoms with Gasteiger partial charge < -0.3 is 4.74 Å². The van der Waals surface area contributed by atoms with Gasteiger partial charge in [-0.25, -0.2) is 0 Å². The molecule has 2 aromatic rings. The first-order chi connectivity index (χ1) is 8.28. The fourth-order valence-electron chi connectivity index (χ4n) is 1.49. The lowest BCUT2D eigenvalue weighted by Crippen LogP contribution is -2.17. The first kappa shape index (κ1) is 13.7. The Kier molecular flexibility index (Phi) is 3.59. The van der Waals surface area contributed by atoms with Gasteiger partial charge >= 0.3 is 6.36 Å². The van der Waals surface area contributed by atoms with Crippen LogP contribution in [-0.4, -0.2) is 11.3 Å². The van der Waals surface area contributed by atoms with Crippen molar-refractivity contribution in [2.45, 2.75) is 13.3 Å². The van der Waals surface area contributed by atoms with Crippen LogP contribution >= 0.6 is 34.2 Å². The largest absolute Gasteiger partial charge is 0.573 e. The van der Waals surface area contributed by atoms with Gasteiger partial charge in [-0.3, -0.25) is 4.98 Å². The summed E-state index contributed by atoms with van der Waals surface area (Å²) in [7, 11) is 0. The van der Waals surface area contributed by atoms with Crippen LogP contribution in [0.2, 0.25) is 5.02 Å². The maximum atomic E-state index is 12.1. The fourth-order valence-corrected chi connectivity index (χ4v) is 2.20. The van der Waals surface area contributed by atoms with Gasteiger partial charge in [0.15, 0.2) is 0 Å². The lowest BCUT2D eigenvalue weighted by atomic mass is 10.2. The van der Waals surface area contributed by atoms with E-state index >= 15 is 0 Å². The second-order valence-electron chi connectivity index (χ2n) is 3.55. The van der Waals surface area contributed by atoms with Crippen molar-refractivity contribution in [2.24, 2.45) is 0 Å². The number of ether oxygens (including phenoxy) is 1. The molecule has 0 amide bonds. The molecule has 1 aromatic heterocycles. The van der Waals surface area contributed by atoms with Crippen molar-refractivity contribution in [1.29, 1.82) is 0 Å². The standard InChI is InChI=1S/C11H6ClF3INO/c1-5-10(16)9(12)7-3-2-6(4-8(7)17-5)18-11(13,14)15/h2-4H,1H3. The number of halogens is 5. The molecule has 2 rings (SSSR count). The highest BCUT2D eigenvalue weighted by Gasteiger charge is 2.31. The summed E-state index contributed by atoms with van der Waals surface area (Å²) in [6, 6.07) is 3.90. The number of alkyl halides is 3. The van der Waals surface area contributed by atoms with Gasteiger partial charge in [0.2, 0.25) is 0 Å². The highest BCUT2D eigenvalue weighted by Crippen LogP contribution is 2.32. The molecule has 96 valence electrons. The van der Waals surface area contributed by atoms with Gasteiger partial charge in [-0.05, 0) is 41.6 Å². The predicted molar refractivity (Wildman–Crippen MR) is 70.9 cm³/mol. The van der Waals surface area contributed by atoms with Crippen molar-refractivity contribution in [3.05, 3.63) is 32.5 Å². The second kappa shape index (κ2) is 4.73. The molecule has 0 saturated heterocycles. The zero-order valence-corrected chi connectivity index (χ0v) is 11.9. The minimum absolute atomic E-state index is 0.306. The van der Waals surface area contributed by atoms with Crippen LogP contribution in [0.4, 0.5) is 13.2 Å². The van der Waals surface area contributed by atoms with Crippen LogP contribution in [0.25, 0.3) is 10.9 Å². The van der Waals surface area contributed by atoms with Gasteiger partial charge in [0.25, 0.3) is 0 Å². The van der Waals surface area contributed by atoms with Gasteiger partial charge in [0.05, 0.1) is 19.8 Å². The van der Waals surface area contributed by atoms with Crippen molar-refractivity contribution in [3.63, 3.8) is 0 Å². The lowest BCUT2D eigenvalue weighted by molar-refractivity contribution is -0.274. The van der Waals surface area contributed by atoms with E-state index in [1.807, 2.05) is 22.6 Å². The van der Waals surface area contributed by atoms with E-state index in [9.17, 15) is 13.2 Å². The first-order valence-electron chi connectivity index (χ1n) is 4.79. The number of fused-ring (bicyclic) bond motifs is 1. The van der Waals surface area contributed by atoms with E-state index in [0.29, 0.717) is 21.6 Å². The molecule has 2 nitrogen and oxygen atoms in total. The maximum Gasteiger partial charge on any atom is 0.573 e. The molecule has 0 saturated carbocycles. The Labute approximate surface area is 119 Å². The molecular weight excluding hydrogens is 381 g/mol. The normalized spacial score (nSPS) is 11.9. The molecular formula is C11H6ClF3INO. The molecule has 7 heteroatoms. The monoisotopic (exact) mass is 387 g/mol. The van der Waals surface area contributed by atoms with Crippen molar-refractivity contribution in [3.8, 4) is 5.75 Å². The van der Waals surface area contributed by atoms with E-state index in [1.165, 1.54) is 18.2 Å². The summed E-state index contributed by atoms with van der Waals surface area (Å²) in [4.78, 5) is 4.19. The summed E-state index contributed by atoms with van der Waals surface area (Å²) in [5.74, 6) is -0.306. The average Bonchev–Trinajstić information content (AvgIpc) is 2.23. The molecule has 1 aromatic carbocycles. The third-order valence-electron chi connectivity index (χ3n) is 2.24. The Morgan fingerprint density at radius 1 is 1.33 bits per heavy atom. The maximum absolute atomic E-state index is 12.1. The SMILES string of the molecule is Cc1nc2cc(OC(F)(F)F)ccc2c(Cl)c1I. The highest BCUT2D eigenvalue weighted by atomic mass is 127. The summed E-state index contributed by atoms with van der Waals surface area (Å²) in [6.07, 6.45) is -4.71. The number of aromatic nitrogens is 1. The summed E-state index contributed by atoms with van der Waals surface area (Å²) < 4.78 is 40.9. The van der Waals surface area contributed by atoms with E-state index in [0.717, 1.165) is 3.57 Å². The molecule has 0 aliphatic heterocycles. The summed E-state index contributed by atoms with van der Waals surface area (Å²) in [5.41, 5.74) is 1.04. The first-order valence-corrected chi connectivity index (χ1v) is 6.25. The molecule has 1 heterocycles. The summed E-state index contributed by atoms with van der Waals surface area (Å²) >= 11 is 8.15. The van der Waals surface area contributed by atoms with E-state index in [4.69, 9.17) is 11.6 Å². The van der Waals surface area contributed by atoms with E-state index < -0.39 is 6.36 Å². The van der Waals surface area contributed by atoms with Gasteiger partial charge in [-0.1, -0.05) is 11.6 Å². The molecule has 0 radical (unpaired) electrons. The van der Waals surface area contributed by atoms with Crippen molar-refractivity contribution in [2.75, 3.05) is 0 Å². The predicted octanol–water partition coefficient (Wildman–Crippen LogP) is 4.70. The van der Waals surface area contributed by atoms with Gasteiger partial charge in [-0.15, -0.1) is 13.2 Å². The van der Waals surface area contributed by atoms with E-state index in [-0.39, 0.29) is 5.75 Å². The summed E-state index contributed by atoms with van der Waals surface area (Å²) in [6.45, 7) is 1.74. The van der Waals surface area contributed by atoms with Gasteiger partial charge in [-0.2, -0.15) is 0 Å². The third kappa shape index (κ3) is 2.80. The summed E-state index contributed by atoms with van der Waals surface area (Å²) in [5, 5.41) is 1.08. The molecule has 0 unspecified atom stereocenters. The Balaban J connectivity index is 2.56. The zero-order valence-electron chi connectivity index (χ0n) is 8.98. The molecule has 0 spiro atoms. The van der Waals surface area contributed by atoms with Crippen LogP contribution in [0, 0.1) is 10.5 Å². The molecule has 18 heavy (non-hydrogen) atoms. The number of pyridine rings is 1. The van der Waals surface area contributed by atoms with Crippen LogP contribution in [0.5, 0.6) is 5.75 Å². The van der Waals surface area contributed by atoms with Crippen LogP contribution in [0.15, 0.2) is 18.2 Å². The van der Waals surface area contributed by atoms with Crippen LogP contribution in [0.3, 0.4) is 0 Å². The zero-order chi connectivity index (χ0) is 13.5. The number of aryl methyl sites for hydroxylation is 1. The molecule has 0 aliphatic rings. The van der Waals surface area contributed by atoms with Crippen LogP contribution in [0.1, 0.15) is 5.69 Å². The average molecular weight is 388 g/mol. The Hall–Kier alpha value is -0.760. The second-order valence-corrected chi connectivity index (χ2v) is 5.01. The van der Waals surface area contributed by atoms with Crippen molar-refractivity contribution in [1.82, 2.24) is 4.98 Å². The Morgan fingerprint density at radius 2 is 2.00 bits per heavy atom. The minimum atomic E-state index is -4.71. The molecule has 0 N–H and O–H groups in total. The van der Waals surface area contributed by atoms with Crippen LogP contribution in [-0.2, 0) is 0 Å². The number of hydrogen-bond donors (Lipinski definition) is 0. The van der Waals surface area contributed by atoms with E-state index in [2.05, 4.69) is 9.72 Å². The van der Waals surface area contributed by atoms with Crippen LogP contribution < -0.4 is 4.74 Å². The fraction of sp³-hybridized carbons (Fsp3) is 0.182. The number of rotatable bonds is 1.